The molecule has 25 heavy (non-hydrogen) atoms. The first-order valence-corrected chi connectivity index (χ1v) is 10.6. The molecule has 2 aliphatic carbocycles. The van der Waals surface area contributed by atoms with Crippen molar-refractivity contribution in [1.82, 2.24) is 0 Å². The van der Waals surface area contributed by atoms with Gasteiger partial charge in [-0.3, -0.25) is 0 Å². The normalized spacial score (nSPS) is 30.7. The van der Waals surface area contributed by atoms with Crippen LogP contribution in [-0.4, -0.2) is 0 Å². The quantitative estimate of drug-likeness (QED) is 0.330. The molecule has 0 N–H and O–H groups in total. The van der Waals surface area contributed by atoms with Gasteiger partial charge in [-0.05, 0) is 94.0 Å². The smallest absolute Gasteiger partial charge is 0.195 e. The highest BCUT2D eigenvalue weighted by Crippen LogP contribution is 2.42. The molecule has 0 spiro atoms. The Hall–Kier alpha value is -1.10. The number of hydrogen-bond donors (Lipinski definition) is 0. The van der Waals surface area contributed by atoms with Gasteiger partial charge in [0.25, 0.3) is 0 Å². The Balaban J connectivity index is 1.67. The van der Waals surface area contributed by atoms with Crippen molar-refractivity contribution in [2.24, 2.45) is 23.7 Å². The zero-order valence-electron chi connectivity index (χ0n) is 16.1. The Labute approximate surface area is 154 Å². The van der Waals surface area contributed by atoms with E-state index in [1.165, 1.54) is 76.7 Å². The van der Waals surface area contributed by atoms with Gasteiger partial charge in [-0.15, -0.1) is 0 Å². The molecule has 0 heterocycles. The van der Waals surface area contributed by atoms with Crippen LogP contribution >= 0.6 is 0 Å². The molecule has 0 unspecified atom stereocenters. The zero-order chi connectivity index (χ0) is 18.1. The topological polar surface area (TPSA) is 23.8 Å². The first kappa shape index (κ1) is 20.2. The molecule has 0 radical (unpaired) electrons. The van der Waals surface area contributed by atoms with Crippen LogP contribution in [-0.2, 0) is 0 Å². The van der Waals surface area contributed by atoms with Crippen molar-refractivity contribution in [2.45, 2.75) is 90.4 Å². The van der Waals surface area contributed by atoms with E-state index in [4.69, 9.17) is 5.26 Å². The van der Waals surface area contributed by atoms with Crippen LogP contribution in [0.4, 0.5) is 4.39 Å². The maximum atomic E-state index is 12.8. The first-order chi connectivity index (χ1) is 12.1. The summed E-state index contributed by atoms with van der Waals surface area (Å²) in [5.41, 5.74) is 1.54. The van der Waals surface area contributed by atoms with Crippen LogP contribution in [0.2, 0.25) is 0 Å². The van der Waals surface area contributed by atoms with Crippen molar-refractivity contribution >= 4 is 0 Å². The highest BCUT2D eigenvalue weighted by molar-refractivity contribution is 5.11. The second-order valence-electron chi connectivity index (χ2n) is 8.39. The predicted molar refractivity (Wildman–Crippen MR) is 104 cm³/mol. The lowest BCUT2D eigenvalue weighted by molar-refractivity contribution is 0.240. The van der Waals surface area contributed by atoms with Crippen molar-refractivity contribution in [1.29, 1.82) is 5.26 Å². The fourth-order valence-corrected chi connectivity index (χ4v) is 4.96. The van der Waals surface area contributed by atoms with Crippen LogP contribution in [0.1, 0.15) is 90.4 Å². The van der Waals surface area contributed by atoms with Crippen molar-refractivity contribution in [3.63, 3.8) is 0 Å². The van der Waals surface area contributed by atoms with E-state index in [2.05, 4.69) is 13.5 Å². The van der Waals surface area contributed by atoms with E-state index in [-0.39, 0.29) is 0 Å². The van der Waals surface area contributed by atoms with Crippen molar-refractivity contribution in [3.05, 3.63) is 24.1 Å². The Morgan fingerprint density at radius 3 is 2.00 bits per heavy atom. The van der Waals surface area contributed by atoms with Crippen molar-refractivity contribution in [3.8, 4) is 6.07 Å². The Bertz CT molecular complexity index is 471. The predicted octanol–water partition coefficient (Wildman–Crippen LogP) is 7.50. The maximum Gasteiger partial charge on any atom is 0.196 e. The summed E-state index contributed by atoms with van der Waals surface area (Å²) >= 11 is 0. The summed E-state index contributed by atoms with van der Waals surface area (Å²) < 4.78 is 12.8. The molecule has 0 aromatic rings. The van der Waals surface area contributed by atoms with Gasteiger partial charge in [0.15, 0.2) is 5.83 Å². The summed E-state index contributed by atoms with van der Waals surface area (Å²) in [7, 11) is 0. The summed E-state index contributed by atoms with van der Waals surface area (Å²) in [6.07, 6.45) is 17.9. The van der Waals surface area contributed by atoms with Gasteiger partial charge in [0.2, 0.25) is 0 Å². The van der Waals surface area contributed by atoms with Crippen LogP contribution in [0.5, 0.6) is 0 Å². The molecule has 2 saturated carbocycles. The van der Waals surface area contributed by atoms with Gasteiger partial charge < -0.3 is 0 Å². The third-order valence-electron chi connectivity index (χ3n) is 6.71. The van der Waals surface area contributed by atoms with Gasteiger partial charge in [0.1, 0.15) is 6.07 Å². The molecule has 0 saturated heterocycles. The van der Waals surface area contributed by atoms with E-state index >= 15 is 0 Å². The fourth-order valence-electron chi connectivity index (χ4n) is 4.96. The van der Waals surface area contributed by atoms with Crippen LogP contribution in [0.15, 0.2) is 24.1 Å². The second-order valence-corrected chi connectivity index (χ2v) is 8.39. The first-order valence-electron chi connectivity index (χ1n) is 10.6. The molecule has 140 valence electrons. The third-order valence-corrected chi connectivity index (χ3v) is 6.71. The molecule has 0 amide bonds. The molecular formula is C23H36FN. The molecule has 2 rings (SSSR count). The van der Waals surface area contributed by atoms with Crippen molar-refractivity contribution in [2.75, 3.05) is 0 Å². The van der Waals surface area contributed by atoms with Crippen LogP contribution < -0.4 is 0 Å². The molecule has 2 heteroatoms. The number of nitriles is 1. The van der Waals surface area contributed by atoms with Crippen LogP contribution in [0.3, 0.4) is 0 Å². The molecule has 0 aromatic carbocycles. The summed E-state index contributed by atoms with van der Waals surface area (Å²) in [5.74, 6) is 2.54. The average molecular weight is 346 g/mol. The monoisotopic (exact) mass is 345 g/mol. The van der Waals surface area contributed by atoms with Gasteiger partial charge >= 0.3 is 0 Å². The summed E-state index contributed by atoms with van der Waals surface area (Å²) in [6.45, 7) is 6.81. The molecular weight excluding hydrogens is 309 g/mol. The maximum absolute atomic E-state index is 12.8. The van der Waals surface area contributed by atoms with Gasteiger partial charge in [0.05, 0.1) is 0 Å². The van der Waals surface area contributed by atoms with Crippen LogP contribution in [0.25, 0.3) is 0 Å². The minimum atomic E-state index is -0.628. The molecule has 0 aromatic heterocycles. The fraction of sp³-hybridized carbons (Fsp3) is 0.783. The van der Waals surface area contributed by atoms with Gasteiger partial charge in [0, 0.05) is 0 Å². The van der Waals surface area contributed by atoms with Gasteiger partial charge in [-0.1, -0.05) is 38.3 Å². The molecule has 0 aliphatic heterocycles. The Kier molecular flexibility index (Phi) is 8.73. The lowest BCUT2D eigenvalue weighted by atomic mass is 9.70. The van der Waals surface area contributed by atoms with E-state index in [9.17, 15) is 4.39 Å². The highest BCUT2D eigenvalue weighted by atomic mass is 19.1. The third kappa shape index (κ3) is 6.61. The number of hydrogen-bond acceptors (Lipinski definition) is 1. The second kappa shape index (κ2) is 10.8. The van der Waals surface area contributed by atoms with E-state index < -0.39 is 5.83 Å². The standard InChI is InChI=1S/C23H36FN/c1-3-4-6-19-9-13-21(14-10-19)18(2)22-15-11-20(12-16-22)7-5-8-23(24)17-25/h8,19-22H,2-7,9-16H2,1H3/b23-8-. The number of halogens is 1. The van der Waals surface area contributed by atoms with E-state index in [1.54, 1.807) is 11.6 Å². The molecule has 0 atom stereocenters. The highest BCUT2D eigenvalue weighted by Gasteiger charge is 2.29. The minimum absolute atomic E-state index is 0.628. The SMILES string of the molecule is C=C(C1CCC(CC/C=C(\F)C#N)CC1)C1CCC(CCCC)CC1. The van der Waals surface area contributed by atoms with E-state index in [1.807, 2.05) is 0 Å². The summed E-state index contributed by atoms with van der Waals surface area (Å²) in [6, 6.07) is 1.56. The van der Waals surface area contributed by atoms with E-state index in [0.717, 1.165) is 24.2 Å². The molecule has 2 aliphatic rings. The Morgan fingerprint density at radius 2 is 1.52 bits per heavy atom. The number of nitrogens with zero attached hydrogens (tertiary/aromatic N) is 1. The largest absolute Gasteiger partial charge is 0.196 e. The molecule has 2 fully saturated rings. The number of unbranched alkanes of at least 4 members (excludes halogenated alkanes) is 1. The summed E-state index contributed by atoms with van der Waals surface area (Å²) in [4.78, 5) is 0. The van der Waals surface area contributed by atoms with Crippen LogP contribution in [0, 0.1) is 35.0 Å². The molecule has 1 nitrogen and oxygen atoms in total. The van der Waals surface area contributed by atoms with Crippen molar-refractivity contribution < 1.29 is 4.39 Å². The van der Waals surface area contributed by atoms with E-state index in [0.29, 0.717) is 12.3 Å². The van der Waals surface area contributed by atoms with Gasteiger partial charge in [-0.25, -0.2) is 0 Å². The minimum Gasteiger partial charge on any atom is -0.195 e. The number of rotatable bonds is 8. The molecule has 0 bridgehead atoms. The lowest BCUT2D eigenvalue weighted by Crippen LogP contribution is -2.23. The Morgan fingerprint density at radius 1 is 1.00 bits per heavy atom. The summed E-state index contributed by atoms with van der Waals surface area (Å²) in [5, 5.41) is 8.45. The van der Waals surface area contributed by atoms with Gasteiger partial charge in [-0.2, -0.15) is 9.65 Å². The lowest BCUT2D eigenvalue weighted by Gasteiger charge is -2.36. The zero-order valence-corrected chi connectivity index (χ0v) is 16.1. The average Bonchev–Trinajstić information content (AvgIpc) is 2.66. The number of allylic oxidation sites excluding steroid dienone is 3.